The largest absolute Gasteiger partial charge is 0.485 e. The highest BCUT2D eigenvalue weighted by atomic mass is 16.5. The van der Waals surface area contributed by atoms with Crippen LogP contribution in [0.15, 0.2) is 84.9 Å². The van der Waals surface area contributed by atoms with E-state index in [9.17, 15) is 0 Å². The minimum Gasteiger partial charge on any atom is -0.485 e. The molecule has 0 N–H and O–H groups in total. The van der Waals surface area contributed by atoms with Gasteiger partial charge >= 0.3 is 0 Å². The summed E-state index contributed by atoms with van der Waals surface area (Å²) in [7, 11) is 0. The molecule has 2 aliphatic rings. The predicted octanol–water partition coefficient (Wildman–Crippen LogP) is 5.17. The molecule has 0 atom stereocenters. The summed E-state index contributed by atoms with van der Waals surface area (Å²) in [6.07, 6.45) is 0. The van der Waals surface area contributed by atoms with Crippen molar-refractivity contribution in [3.63, 3.8) is 0 Å². The Morgan fingerprint density at radius 1 is 0.464 bits per heavy atom. The van der Waals surface area contributed by atoms with Gasteiger partial charge in [0.1, 0.15) is 26.4 Å². The molecular weight excluding hydrogens is 352 g/mol. The zero-order valence-corrected chi connectivity index (χ0v) is 15.6. The lowest BCUT2D eigenvalue weighted by Crippen LogP contribution is -2.09. The number of fused-ring (bicyclic) bond motifs is 8. The molecule has 4 nitrogen and oxygen atoms in total. The second kappa shape index (κ2) is 8.53. The molecular formula is C24H22O4. The lowest BCUT2D eigenvalue weighted by atomic mass is 10.1. The highest BCUT2D eigenvalue weighted by Crippen LogP contribution is 2.29. The molecule has 0 fully saturated rings. The highest BCUT2D eigenvalue weighted by molar-refractivity contribution is 5.41. The fourth-order valence-electron chi connectivity index (χ4n) is 2.83. The molecule has 4 heteroatoms. The third kappa shape index (κ3) is 4.46. The molecule has 0 saturated heterocycles. The smallest absolute Gasteiger partial charge is 0.161 e. The van der Waals surface area contributed by atoms with E-state index in [1.807, 2.05) is 72.8 Å². The summed E-state index contributed by atoms with van der Waals surface area (Å²) in [6.45, 7) is 5.68. The third-order valence-electron chi connectivity index (χ3n) is 4.37. The van der Waals surface area contributed by atoms with Crippen molar-refractivity contribution in [1.29, 1.82) is 0 Å². The van der Waals surface area contributed by atoms with Crippen LogP contribution in [-0.4, -0.2) is 13.2 Å². The van der Waals surface area contributed by atoms with Crippen molar-refractivity contribution < 1.29 is 18.9 Å². The van der Waals surface area contributed by atoms with E-state index in [0.717, 1.165) is 16.7 Å². The molecule has 0 spiro atoms. The van der Waals surface area contributed by atoms with Crippen LogP contribution in [-0.2, 0) is 13.2 Å². The first-order valence-electron chi connectivity index (χ1n) is 9.22. The summed E-state index contributed by atoms with van der Waals surface area (Å²) in [6, 6.07) is 23.5. The van der Waals surface area contributed by atoms with Crippen LogP contribution in [0.25, 0.3) is 0 Å². The van der Waals surface area contributed by atoms with Crippen LogP contribution in [0.5, 0.6) is 23.0 Å². The molecule has 5 rings (SSSR count). The van der Waals surface area contributed by atoms with Crippen LogP contribution >= 0.6 is 0 Å². The maximum Gasteiger partial charge on any atom is 0.161 e. The van der Waals surface area contributed by atoms with E-state index in [1.54, 1.807) is 0 Å². The second-order valence-corrected chi connectivity index (χ2v) is 6.61. The number of para-hydroxylation sites is 4. The Kier molecular flexibility index (Phi) is 5.48. The van der Waals surface area contributed by atoms with E-state index in [4.69, 9.17) is 18.9 Å². The summed E-state index contributed by atoms with van der Waals surface area (Å²) in [5.41, 5.74) is 2.98. The van der Waals surface area contributed by atoms with Crippen molar-refractivity contribution in [2.75, 3.05) is 13.2 Å². The fourth-order valence-corrected chi connectivity index (χ4v) is 2.83. The molecule has 0 aromatic heterocycles. The maximum atomic E-state index is 5.96. The first-order chi connectivity index (χ1) is 13.8. The minimum absolute atomic E-state index is 0.345. The average molecular weight is 374 g/mol. The van der Waals surface area contributed by atoms with Crippen LogP contribution < -0.4 is 18.9 Å². The molecule has 0 aliphatic carbocycles. The normalized spacial score (nSPS) is 14.4. The topological polar surface area (TPSA) is 36.9 Å². The van der Waals surface area contributed by atoms with Gasteiger partial charge < -0.3 is 18.9 Å². The molecule has 3 aromatic carbocycles. The van der Waals surface area contributed by atoms with Gasteiger partial charge in [-0.15, -0.1) is 0 Å². The van der Waals surface area contributed by atoms with Gasteiger partial charge in [-0.2, -0.15) is 0 Å². The van der Waals surface area contributed by atoms with Gasteiger partial charge in [-0.1, -0.05) is 55.1 Å². The van der Waals surface area contributed by atoms with Gasteiger partial charge in [0.2, 0.25) is 0 Å². The summed E-state index contributed by atoms with van der Waals surface area (Å²) >= 11 is 0. The molecule has 28 heavy (non-hydrogen) atoms. The van der Waals surface area contributed by atoms with E-state index in [-0.39, 0.29) is 0 Å². The molecule has 142 valence electrons. The van der Waals surface area contributed by atoms with E-state index in [0.29, 0.717) is 49.4 Å². The molecule has 2 aliphatic heterocycles. The summed E-state index contributed by atoms with van der Waals surface area (Å²) in [5.74, 6) is 2.79. The minimum atomic E-state index is 0.345. The highest BCUT2D eigenvalue weighted by Gasteiger charge is 2.09. The number of hydrogen-bond acceptors (Lipinski definition) is 4. The predicted molar refractivity (Wildman–Crippen MR) is 108 cm³/mol. The Labute approximate surface area is 164 Å². The van der Waals surface area contributed by atoms with Crippen LogP contribution in [0.1, 0.15) is 11.1 Å². The van der Waals surface area contributed by atoms with Gasteiger partial charge in [-0.05, 0) is 41.0 Å². The van der Waals surface area contributed by atoms with E-state index < -0.39 is 0 Å². The molecule has 2 heterocycles. The Bertz CT molecular complexity index is 870. The average Bonchev–Trinajstić information content (AvgIpc) is 2.75. The molecule has 0 saturated carbocycles. The summed E-state index contributed by atoms with van der Waals surface area (Å²) < 4.78 is 23.7. The zero-order valence-electron chi connectivity index (χ0n) is 15.6. The maximum absolute atomic E-state index is 5.96. The molecule has 2 bridgehead atoms. The summed E-state index contributed by atoms with van der Waals surface area (Å²) in [5, 5.41) is 0. The van der Waals surface area contributed by atoms with Crippen molar-refractivity contribution >= 4 is 0 Å². The van der Waals surface area contributed by atoms with E-state index >= 15 is 0 Å². The number of rotatable bonds is 0. The van der Waals surface area contributed by atoms with Gasteiger partial charge in [0, 0.05) is 0 Å². The first kappa shape index (κ1) is 18.0. The van der Waals surface area contributed by atoms with Crippen LogP contribution in [0.2, 0.25) is 0 Å². The van der Waals surface area contributed by atoms with Crippen molar-refractivity contribution in [2.45, 2.75) is 13.2 Å². The van der Waals surface area contributed by atoms with Crippen molar-refractivity contribution in [3.05, 3.63) is 96.1 Å². The van der Waals surface area contributed by atoms with Crippen molar-refractivity contribution in [1.82, 2.24) is 0 Å². The standard InChI is InChI=1S/C24H22O4/c1-18-14-25-21-6-2-4-8-23(21)27-16-19-10-12-20(13-11-19)17-28-24-9-5-3-7-22(24)26-15-18/h2-13H,1,14-17H2. The Morgan fingerprint density at radius 2 is 0.786 bits per heavy atom. The molecule has 3 aromatic rings. The van der Waals surface area contributed by atoms with Gasteiger partial charge in [-0.25, -0.2) is 0 Å². The Balaban J connectivity index is 1.60. The lowest BCUT2D eigenvalue weighted by Gasteiger charge is -2.15. The molecule has 0 amide bonds. The van der Waals surface area contributed by atoms with Crippen LogP contribution in [0, 0.1) is 0 Å². The monoisotopic (exact) mass is 374 g/mol. The third-order valence-corrected chi connectivity index (χ3v) is 4.37. The van der Waals surface area contributed by atoms with Crippen LogP contribution in [0.3, 0.4) is 0 Å². The number of ether oxygens (including phenoxy) is 4. The molecule has 0 radical (unpaired) electrons. The molecule has 0 unspecified atom stereocenters. The van der Waals surface area contributed by atoms with Crippen molar-refractivity contribution in [3.8, 4) is 23.0 Å². The van der Waals surface area contributed by atoms with E-state index in [1.165, 1.54) is 0 Å². The van der Waals surface area contributed by atoms with Gasteiger partial charge in [0.05, 0.1) is 0 Å². The quantitative estimate of drug-likeness (QED) is 0.509. The summed E-state index contributed by atoms with van der Waals surface area (Å²) in [4.78, 5) is 0. The van der Waals surface area contributed by atoms with Crippen molar-refractivity contribution in [2.24, 2.45) is 0 Å². The SMILES string of the molecule is C=C1COc2ccccc2OCc2ccc(cc2)COc2ccccc2OC1. The first-order valence-corrected chi connectivity index (χ1v) is 9.22. The second-order valence-electron chi connectivity index (χ2n) is 6.61. The van der Waals surface area contributed by atoms with Gasteiger partial charge in [0.25, 0.3) is 0 Å². The van der Waals surface area contributed by atoms with Gasteiger partial charge in [-0.3, -0.25) is 0 Å². The van der Waals surface area contributed by atoms with Gasteiger partial charge in [0.15, 0.2) is 23.0 Å². The zero-order chi connectivity index (χ0) is 19.2. The fraction of sp³-hybridized carbons (Fsp3) is 0.167. The lowest BCUT2D eigenvalue weighted by molar-refractivity contribution is 0.255. The Hall–Kier alpha value is -3.40. The Morgan fingerprint density at radius 3 is 1.14 bits per heavy atom. The van der Waals surface area contributed by atoms with E-state index in [2.05, 4.69) is 6.58 Å². The number of hydrogen-bond donors (Lipinski definition) is 0. The van der Waals surface area contributed by atoms with Crippen LogP contribution in [0.4, 0.5) is 0 Å². The number of benzene rings is 3.